The van der Waals surface area contributed by atoms with E-state index in [4.69, 9.17) is 12.6 Å². The van der Waals surface area contributed by atoms with Crippen molar-refractivity contribution in [2.24, 2.45) is 46.3 Å². The van der Waals surface area contributed by atoms with Crippen LogP contribution < -0.4 is 0 Å². The van der Waals surface area contributed by atoms with Crippen LogP contribution in [0.15, 0.2) is 11.6 Å². The van der Waals surface area contributed by atoms with Gasteiger partial charge in [0, 0.05) is 5.25 Å². The highest BCUT2D eigenvalue weighted by Crippen LogP contribution is 2.67. The van der Waals surface area contributed by atoms with E-state index in [1.165, 1.54) is 70.6 Å². The Kier molecular flexibility index (Phi) is 6.07. The van der Waals surface area contributed by atoms with Crippen molar-refractivity contribution in [2.75, 3.05) is 0 Å². The number of thiol groups is 1. The Bertz CT molecular complexity index is 591. The van der Waals surface area contributed by atoms with E-state index in [1.54, 1.807) is 5.57 Å². The Balaban J connectivity index is 1.48. The van der Waals surface area contributed by atoms with Crippen molar-refractivity contribution >= 4 is 12.6 Å². The SMILES string of the molecule is CC(C)CCC[C@@H](C)[C@H]1CC[C@H]2[C@H]3CCC4=C[C@@H](S)CC[C@]4(C)[C@@H]3CC[C@]12C. The molecule has 3 saturated carbocycles. The lowest BCUT2D eigenvalue weighted by Crippen LogP contribution is -2.51. The van der Waals surface area contributed by atoms with E-state index >= 15 is 0 Å². The third kappa shape index (κ3) is 3.54. The predicted octanol–water partition coefficient (Wildman–Crippen LogP) is 8.33. The second-order valence-electron chi connectivity index (χ2n) is 12.2. The Morgan fingerprint density at radius 1 is 0.964 bits per heavy atom. The highest BCUT2D eigenvalue weighted by atomic mass is 32.1. The van der Waals surface area contributed by atoms with Crippen LogP contribution in [-0.4, -0.2) is 5.25 Å². The van der Waals surface area contributed by atoms with Crippen LogP contribution in [0.3, 0.4) is 0 Å². The monoisotopic (exact) mass is 402 g/mol. The van der Waals surface area contributed by atoms with Gasteiger partial charge in [0.05, 0.1) is 0 Å². The van der Waals surface area contributed by atoms with Gasteiger partial charge >= 0.3 is 0 Å². The van der Waals surface area contributed by atoms with Crippen molar-refractivity contribution in [3.8, 4) is 0 Å². The molecule has 4 aliphatic carbocycles. The number of fused-ring (bicyclic) bond motifs is 5. The van der Waals surface area contributed by atoms with Crippen molar-refractivity contribution in [3.05, 3.63) is 11.6 Å². The highest BCUT2D eigenvalue weighted by Gasteiger charge is 2.59. The molecule has 0 aromatic heterocycles. The van der Waals surface area contributed by atoms with E-state index < -0.39 is 0 Å². The summed E-state index contributed by atoms with van der Waals surface area (Å²) >= 11 is 4.81. The fraction of sp³-hybridized carbons (Fsp3) is 0.926. The molecule has 1 heteroatoms. The molecule has 0 unspecified atom stereocenters. The second kappa shape index (κ2) is 7.97. The molecular formula is C27H46S. The molecule has 0 N–H and O–H groups in total. The van der Waals surface area contributed by atoms with Crippen LogP contribution in [0.25, 0.3) is 0 Å². The van der Waals surface area contributed by atoms with E-state index in [9.17, 15) is 0 Å². The van der Waals surface area contributed by atoms with Crippen molar-refractivity contribution < 1.29 is 0 Å². The van der Waals surface area contributed by atoms with Gasteiger partial charge in [0.25, 0.3) is 0 Å². The molecule has 0 heterocycles. The Morgan fingerprint density at radius 3 is 2.50 bits per heavy atom. The number of hydrogen-bond acceptors (Lipinski definition) is 1. The van der Waals surface area contributed by atoms with Gasteiger partial charge in [-0.2, -0.15) is 12.6 Å². The molecule has 4 rings (SSSR count). The minimum Gasteiger partial charge on any atom is -0.172 e. The molecular weight excluding hydrogens is 356 g/mol. The van der Waals surface area contributed by atoms with E-state index in [1.807, 2.05) is 0 Å². The molecule has 3 fully saturated rings. The minimum absolute atomic E-state index is 0.504. The van der Waals surface area contributed by atoms with Gasteiger partial charge in [-0.15, -0.1) is 0 Å². The molecule has 0 nitrogen and oxygen atoms in total. The van der Waals surface area contributed by atoms with Crippen LogP contribution in [-0.2, 0) is 0 Å². The van der Waals surface area contributed by atoms with Crippen LogP contribution in [0, 0.1) is 46.3 Å². The fourth-order valence-corrected chi connectivity index (χ4v) is 9.04. The summed E-state index contributed by atoms with van der Waals surface area (Å²) < 4.78 is 0. The standard InChI is InChI=1S/C27H46S/c1-18(2)7-6-8-19(3)23-11-12-24-22-10-9-20-17-21(28)13-15-26(20,4)25(22)14-16-27(23,24)5/h17-19,21-25,28H,6-16H2,1-5H3/t19-,21+,22-,23-,24+,25-,26+,27-/m1/s1. The maximum absolute atomic E-state index is 4.81. The molecule has 0 saturated heterocycles. The van der Waals surface area contributed by atoms with Gasteiger partial charge in [0.2, 0.25) is 0 Å². The third-order valence-electron chi connectivity index (χ3n) is 10.3. The third-order valence-corrected chi connectivity index (χ3v) is 10.7. The first-order chi connectivity index (χ1) is 13.3. The lowest BCUT2D eigenvalue weighted by Gasteiger charge is -2.59. The Labute approximate surface area is 181 Å². The van der Waals surface area contributed by atoms with Crippen molar-refractivity contribution in [1.82, 2.24) is 0 Å². The molecule has 0 aliphatic heterocycles. The van der Waals surface area contributed by atoms with Gasteiger partial charge < -0.3 is 0 Å². The molecule has 0 bridgehead atoms. The number of allylic oxidation sites excluding steroid dienone is 1. The molecule has 4 aliphatic rings. The summed E-state index contributed by atoms with van der Waals surface area (Å²) in [6.45, 7) is 12.7. The molecule has 0 radical (unpaired) electrons. The molecule has 8 atom stereocenters. The van der Waals surface area contributed by atoms with Gasteiger partial charge in [-0.25, -0.2) is 0 Å². The molecule has 0 spiro atoms. The average molecular weight is 403 g/mol. The van der Waals surface area contributed by atoms with Crippen LogP contribution in [0.5, 0.6) is 0 Å². The minimum atomic E-state index is 0.504. The summed E-state index contributed by atoms with van der Waals surface area (Å²) in [5.41, 5.74) is 2.93. The zero-order valence-electron chi connectivity index (χ0n) is 19.3. The summed E-state index contributed by atoms with van der Waals surface area (Å²) in [4.78, 5) is 0. The fourth-order valence-electron chi connectivity index (χ4n) is 8.73. The lowest BCUT2D eigenvalue weighted by molar-refractivity contribution is -0.0590. The van der Waals surface area contributed by atoms with Crippen molar-refractivity contribution in [1.29, 1.82) is 0 Å². The van der Waals surface area contributed by atoms with E-state index in [2.05, 4.69) is 40.7 Å². The summed E-state index contributed by atoms with van der Waals surface area (Å²) in [6.07, 6.45) is 18.5. The zero-order chi connectivity index (χ0) is 20.1. The first-order valence-corrected chi connectivity index (χ1v) is 13.2. The molecule has 0 amide bonds. The van der Waals surface area contributed by atoms with Crippen molar-refractivity contribution in [2.45, 2.75) is 110 Å². The Hall–Kier alpha value is 0.0900. The summed E-state index contributed by atoms with van der Waals surface area (Å²) in [5.74, 6) is 5.76. The molecule has 28 heavy (non-hydrogen) atoms. The largest absolute Gasteiger partial charge is 0.172 e. The van der Waals surface area contributed by atoms with Crippen molar-refractivity contribution in [3.63, 3.8) is 0 Å². The molecule has 0 aromatic rings. The van der Waals surface area contributed by atoms with Gasteiger partial charge in [-0.05, 0) is 97.7 Å². The van der Waals surface area contributed by atoms with Gasteiger partial charge in [-0.1, -0.05) is 65.5 Å². The first-order valence-electron chi connectivity index (χ1n) is 12.6. The van der Waals surface area contributed by atoms with E-state index in [0.29, 0.717) is 16.1 Å². The van der Waals surface area contributed by atoms with Crippen LogP contribution in [0.1, 0.15) is 105 Å². The maximum Gasteiger partial charge on any atom is 0.0199 e. The normalized spacial score (nSPS) is 46.5. The van der Waals surface area contributed by atoms with Gasteiger partial charge in [0.1, 0.15) is 0 Å². The highest BCUT2D eigenvalue weighted by molar-refractivity contribution is 7.81. The quantitative estimate of drug-likeness (QED) is 0.347. The predicted molar refractivity (Wildman–Crippen MR) is 126 cm³/mol. The van der Waals surface area contributed by atoms with Crippen LogP contribution in [0.4, 0.5) is 0 Å². The van der Waals surface area contributed by atoms with Gasteiger partial charge in [0.15, 0.2) is 0 Å². The average Bonchev–Trinajstić information content (AvgIpc) is 2.99. The number of hydrogen-bond donors (Lipinski definition) is 1. The summed E-state index contributed by atoms with van der Waals surface area (Å²) in [7, 11) is 0. The van der Waals surface area contributed by atoms with E-state index in [0.717, 1.165) is 35.5 Å². The van der Waals surface area contributed by atoms with Gasteiger partial charge in [-0.3, -0.25) is 0 Å². The smallest absolute Gasteiger partial charge is 0.0199 e. The second-order valence-corrected chi connectivity index (χ2v) is 12.8. The maximum atomic E-state index is 4.81. The molecule has 160 valence electrons. The number of rotatable bonds is 5. The first kappa shape index (κ1) is 21.3. The topological polar surface area (TPSA) is 0 Å². The Morgan fingerprint density at radius 2 is 1.75 bits per heavy atom. The van der Waals surface area contributed by atoms with Crippen LogP contribution in [0.2, 0.25) is 0 Å². The van der Waals surface area contributed by atoms with E-state index in [-0.39, 0.29) is 0 Å². The lowest BCUT2D eigenvalue weighted by atomic mass is 9.46. The summed E-state index contributed by atoms with van der Waals surface area (Å²) in [6, 6.07) is 0. The summed E-state index contributed by atoms with van der Waals surface area (Å²) in [5, 5.41) is 0.524. The van der Waals surface area contributed by atoms with Crippen LogP contribution >= 0.6 is 12.6 Å². The molecule has 0 aromatic carbocycles. The zero-order valence-corrected chi connectivity index (χ0v) is 20.2.